The van der Waals surface area contributed by atoms with Gasteiger partial charge in [0.1, 0.15) is 18.4 Å². The van der Waals surface area contributed by atoms with Crippen molar-refractivity contribution in [1.29, 1.82) is 0 Å². The summed E-state index contributed by atoms with van der Waals surface area (Å²) in [6.07, 6.45) is 2.92. The van der Waals surface area contributed by atoms with Crippen LogP contribution in [0.25, 0.3) is 33.3 Å². The first kappa shape index (κ1) is 56.5. The fourth-order valence-corrected chi connectivity index (χ4v) is 12.1. The van der Waals surface area contributed by atoms with E-state index in [2.05, 4.69) is 76.2 Å². The molecule has 18 heteroatoms. The Hall–Kier alpha value is -5.27. The van der Waals surface area contributed by atoms with Crippen LogP contribution in [-0.2, 0) is 48.0 Å². The number of alkyl halides is 3. The van der Waals surface area contributed by atoms with E-state index in [1.165, 1.54) is 17.7 Å². The molecule has 1 aliphatic carbocycles. The molecule has 0 radical (unpaired) electrons. The maximum absolute atomic E-state index is 14.5. The summed E-state index contributed by atoms with van der Waals surface area (Å²) in [4.78, 5) is 52.3. The summed E-state index contributed by atoms with van der Waals surface area (Å²) in [6.45, 7) is 18.5. The van der Waals surface area contributed by atoms with E-state index in [1.54, 1.807) is 12.1 Å². The predicted octanol–water partition coefficient (Wildman–Crippen LogP) is 8.60. The first-order valence-corrected chi connectivity index (χ1v) is 28.2. The average molecular weight is 1070 g/mol. The molecule has 1 saturated carbocycles. The Morgan fingerprint density at radius 1 is 0.935 bits per heavy atom. The Morgan fingerprint density at radius 2 is 1.70 bits per heavy atom. The van der Waals surface area contributed by atoms with Crippen LogP contribution < -0.4 is 20.4 Å². The van der Waals surface area contributed by atoms with Gasteiger partial charge in [-0.3, -0.25) is 34.2 Å². The molecule has 9 rings (SSSR count). The Balaban J connectivity index is 1.15. The van der Waals surface area contributed by atoms with E-state index in [0.29, 0.717) is 57.2 Å². The van der Waals surface area contributed by atoms with Crippen LogP contribution in [0.2, 0.25) is 0 Å². The lowest BCUT2D eigenvalue weighted by molar-refractivity contribution is -0.151. The quantitative estimate of drug-likeness (QED) is 0.104. The van der Waals surface area contributed by atoms with Gasteiger partial charge in [0.25, 0.3) is 12.4 Å². The summed E-state index contributed by atoms with van der Waals surface area (Å²) in [5, 5.41) is 5.82. The number of aryl methyl sites for hydroxylation is 1. The van der Waals surface area contributed by atoms with Crippen molar-refractivity contribution in [2.45, 2.75) is 130 Å². The number of carbonyl (C=O) groups is 3. The molecular formula is C59H81F3N8O7. The number of benzene rings is 2. The van der Waals surface area contributed by atoms with E-state index < -0.39 is 36.2 Å². The molecule has 6 heterocycles. The molecule has 420 valence electrons. The highest BCUT2D eigenvalue weighted by Crippen LogP contribution is 2.44. The zero-order valence-electron chi connectivity index (χ0n) is 46.3. The van der Waals surface area contributed by atoms with Crippen molar-refractivity contribution in [3.8, 4) is 28.1 Å². The lowest BCUT2D eigenvalue weighted by atomic mass is 9.84. The number of piperazine rings is 1. The zero-order valence-corrected chi connectivity index (χ0v) is 46.3. The minimum absolute atomic E-state index is 0.0649. The molecule has 15 nitrogen and oxygen atoms in total. The van der Waals surface area contributed by atoms with Crippen LogP contribution >= 0.6 is 0 Å². The van der Waals surface area contributed by atoms with E-state index >= 15 is 0 Å². The van der Waals surface area contributed by atoms with Crippen LogP contribution in [0.5, 0.6) is 5.75 Å². The Kier molecular flexibility index (Phi) is 17.9. The highest BCUT2D eigenvalue weighted by atomic mass is 19.4. The van der Waals surface area contributed by atoms with Crippen molar-refractivity contribution in [3.05, 3.63) is 65.5 Å². The third-order valence-corrected chi connectivity index (χ3v) is 16.7. The molecule has 2 aromatic heterocycles. The van der Waals surface area contributed by atoms with Crippen LogP contribution in [0.3, 0.4) is 0 Å². The Bertz CT molecular complexity index is 2690. The van der Waals surface area contributed by atoms with E-state index in [9.17, 15) is 27.6 Å². The monoisotopic (exact) mass is 1070 g/mol. The van der Waals surface area contributed by atoms with Gasteiger partial charge in [-0.25, -0.2) is 5.43 Å². The maximum atomic E-state index is 14.5. The summed E-state index contributed by atoms with van der Waals surface area (Å²) in [5.74, 6) is -0.816. The summed E-state index contributed by atoms with van der Waals surface area (Å²) >= 11 is 0. The van der Waals surface area contributed by atoms with Gasteiger partial charge >= 0.3 is 6.18 Å². The number of hydrazine groups is 1. The molecule has 4 fully saturated rings. The molecule has 77 heavy (non-hydrogen) atoms. The molecule has 4 atom stereocenters. The fraction of sp³-hybridized carbons (Fsp3) is 0.627. The standard InChI is InChI=1S/C59H81F3N8O7/c1-8-69-52-14-11-42(29-47(52)49(31-58(5,6)36-75-37-71)55(69)48-30-45(32-63-54(48)39(4)74-7)68-23-21-67(22-24-68)44-12-13-44)43-25-40-26-46(28-43)76-34-53(41-15-19-66(20-16-41)35-59(60,61)62)77-33-50(38(2)3)56(72)65-51(27-40)57(73)70-18-10-9-17-64-70/h11,14,25-26,28-30,32,37-39,41,44,50-51,53,64H,8-10,12-13,15-24,27,31,33-36H2,1-7H3,(H,65,72)/t39?,50-,51?,53?/m0/s1. The number of aromatic nitrogens is 2. The number of nitrogens with zero attached hydrogens (tertiary/aromatic N) is 6. The number of rotatable bonds is 16. The minimum atomic E-state index is -4.29. The van der Waals surface area contributed by atoms with Crippen molar-refractivity contribution < 1.29 is 46.5 Å². The second kappa shape index (κ2) is 24.4. The molecule has 0 spiro atoms. The van der Waals surface area contributed by atoms with Crippen LogP contribution in [0, 0.1) is 23.2 Å². The van der Waals surface area contributed by atoms with Crippen molar-refractivity contribution in [3.63, 3.8) is 0 Å². The first-order chi connectivity index (χ1) is 36.9. The first-order valence-electron chi connectivity index (χ1n) is 28.2. The average Bonchev–Trinajstić information content (AvgIpc) is 4.35. The van der Waals surface area contributed by atoms with E-state index in [1.807, 2.05) is 39.1 Å². The number of carbonyl (C=O) groups excluding carboxylic acids is 3. The highest BCUT2D eigenvalue weighted by Gasteiger charge is 2.38. The van der Waals surface area contributed by atoms with Gasteiger partial charge in [0.2, 0.25) is 5.91 Å². The molecule has 2 aromatic carbocycles. The number of anilines is 1. The summed E-state index contributed by atoms with van der Waals surface area (Å²) < 4.78 is 67.7. The summed E-state index contributed by atoms with van der Waals surface area (Å²) in [7, 11) is 1.71. The van der Waals surface area contributed by atoms with Crippen molar-refractivity contribution in [2.75, 3.05) is 90.7 Å². The smallest absolute Gasteiger partial charge is 0.401 e. The van der Waals surface area contributed by atoms with Gasteiger partial charge in [0, 0.05) is 87.3 Å². The minimum Gasteiger partial charge on any atom is -0.491 e. The van der Waals surface area contributed by atoms with Crippen molar-refractivity contribution in [1.82, 2.24) is 35.1 Å². The number of likely N-dealkylation sites (tertiary alicyclic amines) is 1. The van der Waals surface area contributed by atoms with Crippen molar-refractivity contribution >= 4 is 34.9 Å². The van der Waals surface area contributed by atoms with Crippen LogP contribution in [0.15, 0.2) is 48.7 Å². The number of amides is 2. The molecular weight excluding hydrogens is 990 g/mol. The molecule has 2 amide bonds. The maximum Gasteiger partial charge on any atom is 0.401 e. The predicted molar refractivity (Wildman–Crippen MR) is 291 cm³/mol. The van der Waals surface area contributed by atoms with Crippen molar-refractivity contribution in [2.24, 2.45) is 23.2 Å². The number of hydrogen-bond acceptors (Lipinski definition) is 12. The second-order valence-electron chi connectivity index (χ2n) is 23.3. The van der Waals surface area contributed by atoms with E-state index in [0.717, 1.165) is 94.8 Å². The molecule has 4 aromatic rings. The van der Waals surface area contributed by atoms with Crippen LogP contribution in [-0.4, -0.2) is 153 Å². The molecule has 2 N–H and O–H groups in total. The lowest BCUT2D eigenvalue weighted by Crippen LogP contribution is -2.57. The number of nitrogens with one attached hydrogen (secondary N) is 2. The van der Waals surface area contributed by atoms with Gasteiger partial charge in [0.15, 0.2) is 0 Å². The Labute approximate surface area is 452 Å². The SMILES string of the molecule is CCn1c(-c2cc(N3CCN(C4CC4)CC3)cnc2C(C)OC)c(CC(C)(C)COC=O)c2cc(-c3cc4cc(c3)OCC(C3CCN(CC(F)(F)F)CC3)OC[C@@H](C(C)C)C(=O)NC(C(=O)N3CCCCN3)C4)ccc21. The van der Waals surface area contributed by atoms with Gasteiger partial charge in [-0.05, 0) is 136 Å². The third-order valence-electron chi connectivity index (χ3n) is 16.7. The molecule has 3 unspecified atom stereocenters. The van der Waals surface area contributed by atoms with E-state index in [-0.39, 0.29) is 69.1 Å². The normalized spacial score (nSPS) is 22.5. The fourth-order valence-electron chi connectivity index (χ4n) is 12.1. The van der Waals surface area contributed by atoms with Crippen LogP contribution in [0.4, 0.5) is 18.9 Å². The van der Waals surface area contributed by atoms with Gasteiger partial charge < -0.3 is 33.7 Å². The van der Waals surface area contributed by atoms with E-state index in [4.69, 9.17) is 23.9 Å². The zero-order chi connectivity index (χ0) is 54.6. The third kappa shape index (κ3) is 13.6. The van der Waals surface area contributed by atoms with Gasteiger partial charge in [-0.1, -0.05) is 39.8 Å². The summed E-state index contributed by atoms with van der Waals surface area (Å²) in [5.41, 5.74) is 11.3. The largest absolute Gasteiger partial charge is 0.491 e. The van der Waals surface area contributed by atoms with Crippen LogP contribution in [0.1, 0.15) is 103 Å². The van der Waals surface area contributed by atoms with Gasteiger partial charge in [-0.2, -0.15) is 13.2 Å². The molecule has 2 bridgehead atoms. The number of methoxy groups -OCH3 is 1. The highest BCUT2D eigenvalue weighted by molar-refractivity contribution is 5.96. The Morgan fingerprint density at radius 3 is 2.36 bits per heavy atom. The summed E-state index contributed by atoms with van der Waals surface area (Å²) in [6, 6.07) is 14.6. The number of piperidine rings is 1. The number of halogens is 3. The molecule has 5 aliphatic rings. The number of fused-ring (bicyclic) bond motifs is 3. The second-order valence-corrected chi connectivity index (χ2v) is 23.3. The number of pyridine rings is 1. The lowest BCUT2D eigenvalue weighted by Gasteiger charge is -2.36. The topological polar surface area (TPSA) is 143 Å². The number of hydrogen-bond donors (Lipinski definition) is 2. The molecule has 3 saturated heterocycles. The number of ether oxygens (including phenoxy) is 4. The van der Waals surface area contributed by atoms with Gasteiger partial charge in [0.05, 0.1) is 61.2 Å². The molecule has 4 aliphatic heterocycles. The van der Waals surface area contributed by atoms with Gasteiger partial charge in [-0.15, -0.1) is 0 Å².